The Labute approximate surface area is 148 Å². The van der Waals surface area contributed by atoms with E-state index in [1.54, 1.807) is 19.1 Å². The summed E-state index contributed by atoms with van der Waals surface area (Å²) in [5, 5.41) is 10.3. The predicted octanol–water partition coefficient (Wildman–Crippen LogP) is 3.71. The second-order valence-electron chi connectivity index (χ2n) is 6.65. The van der Waals surface area contributed by atoms with E-state index in [1.165, 1.54) is 12.7 Å². The van der Waals surface area contributed by atoms with Crippen LogP contribution in [-0.2, 0) is 9.53 Å². The maximum atomic E-state index is 11.6. The van der Waals surface area contributed by atoms with E-state index in [-0.39, 0.29) is 0 Å². The molecule has 4 atom stereocenters. The third-order valence-corrected chi connectivity index (χ3v) is 4.86. The molecule has 4 heteroatoms. The summed E-state index contributed by atoms with van der Waals surface area (Å²) in [6, 6.07) is 17.8. The van der Waals surface area contributed by atoms with E-state index >= 15 is 0 Å². The minimum absolute atomic E-state index is 0.428. The molecule has 3 rings (SSSR count). The molecule has 0 aliphatic heterocycles. The molecule has 1 N–H and O–H groups in total. The third kappa shape index (κ3) is 4.20. The summed E-state index contributed by atoms with van der Waals surface area (Å²) >= 11 is 0. The lowest BCUT2D eigenvalue weighted by atomic mass is 9.97. The van der Waals surface area contributed by atoms with Gasteiger partial charge in [0.1, 0.15) is 5.75 Å². The van der Waals surface area contributed by atoms with E-state index in [4.69, 9.17) is 9.47 Å². The molecule has 0 heterocycles. The molecule has 0 radical (unpaired) electrons. The molecular formula is C21H24O4. The summed E-state index contributed by atoms with van der Waals surface area (Å²) in [4.78, 5) is 11.6. The van der Waals surface area contributed by atoms with Crippen LogP contribution in [0.5, 0.6) is 5.75 Å². The normalized spacial score (nSPS) is 21.2. The minimum atomic E-state index is -0.908. The molecule has 132 valence electrons. The molecule has 1 saturated carbocycles. The molecule has 2 aromatic rings. The van der Waals surface area contributed by atoms with Crippen molar-refractivity contribution in [3.8, 4) is 5.75 Å². The molecule has 2 unspecified atom stereocenters. The van der Waals surface area contributed by atoms with Gasteiger partial charge in [0, 0.05) is 5.92 Å². The topological polar surface area (TPSA) is 55.8 Å². The summed E-state index contributed by atoms with van der Waals surface area (Å²) < 4.78 is 10.6. The second-order valence-corrected chi connectivity index (χ2v) is 6.65. The Kier molecular flexibility index (Phi) is 5.39. The number of aliphatic hydroxyl groups excluding tert-OH is 1. The van der Waals surface area contributed by atoms with E-state index in [1.807, 2.05) is 18.2 Å². The first-order valence-corrected chi connectivity index (χ1v) is 8.63. The van der Waals surface area contributed by atoms with Crippen molar-refractivity contribution in [3.63, 3.8) is 0 Å². The first-order valence-electron chi connectivity index (χ1n) is 8.63. The van der Waals surface area contributed by atoms with E-state index in [0.717, 1.165) is 6.42 Å². The summed E-state index contributed by atoms with van der Waals surface area (Å²) in [7, 11) is 1.32. The molecule has 2 aromatic carbocycles. The SMILES string of the molecule is COC(=O)[C@@H](C)[C@@H](O)c1cccc(OCC2CC2c2ccccc2)c1. The molecule has 4 nitrogen and oxygen atoms in total. The van der Waals surface area contributed by atoms with Gasteiger partial charge in [-0.05, 0) is 42.5 Å². The van der Waals surface area contributed by atoms with Gasteiger partial charge in [-0.3, -0.25) is 4.79 Å². The Morgan fingerprint density at radius 3 is 2.68 bits per heavy atom. The number of carbonyl (C=O) groups is 1. The summed E-state index contributed by atoms with van der Waals surface area (Å²) in [6.45, 7) is 2.31. The van der Waals surface area contributed by atoms with Gasteiger partial charge in [0.25, 0.3) is 0 Å². The van der Waals surface area contributed by atoms with Gasteiger partial charge in [-0.15, -0.1) is 0 Å². The molecular weight excluding hydrogens is 316 g/mol. The first-order chi connectivity index (χ1) is 12.1. The average Bonchev–Trinajstić information content (AvgIpc) is 3.45. The fourth-order valence-corrected chi connectivity index (χ4v) is 3.14. The second kappa shape index (κ2) is 7.70. The van der Waals surface area contributed by atoms with Crippen molar-refractivity contribution in [2.24, 2.45) is 11.8 Å². The van der Waals surface area contributed by atoms with Crippen molar-refractivity contribution in [3.05, 3.63) is 65.7 Å². The van der Waals surface area contributed by atoms with Gasteiger partial charge < -0.3 is 14.6 Å². The molecule has 0 saturated heterocycles. The number of hydrogen-bond acceptors (Lipinski definition) is 4. The Hall–Kier alpha value is -2.33. The Bertz CT molecular complexity index is 713. The van der Waals surface area contributed by atoms with Crippen molar-refractivity contribution < 1.29 is 19.4 Å². The number of hydrogen-bond donors (Lipinski definition) is 1. The highest BCUT2D eigenvalue weighted by molar-refractivity contribution is 5.72. The highest BCUT2D eigenvalue weighted by Gasteiger charge is 2.38. The molecule has 1 fully saturated rings. The number of benzene rings is 2. The van der Waals surface area contributed by atoms with Crippen LogP contribution in [-0.4, -0.2) is 24.8 Å². The van der Waals surface area contributed by atoms with Gasteiger partial charge in [-0.1, -0.05) is 42.5 Å². The molecule has 0 spiro atoms. The van der Waals surface area contributed by atoms with E-state index in [0.29, 0.717) is 29.8 Å². The Morgan fingerprint density at radius 2 is 1.96 bits per heavy atom. The number of methoxy groups -OCH3 is 1. The molecule has 0 amide bonds. The standard InChI is InChI=1S/C21H24O4/c1-14(21(23)24-2)20(22)16-9-6-10-18(11-16)25-13-17-12-19(17)15-7-4-3-5-8-15/h3-11,14,17,19-20,22H,12-13H2,1-2H3/t14-,17?,19?,20+/m0/s1. The number of ether oxygens (including phenoxy) is 2. The van der Waals surface area contributed by atoms with Gasteiger partial charge >= 0.3 is 5.97 Å². The zero-order chi connectivity index (χ0) is 17.8. The van der Waals surface area contributed by atoms with Gasteiger partial charge in [-0.25, -0.2) is 0 Å². The summed E-state index contributed by atoms with van der Waals surface area (Å²) in [5.41, 5.74) is 2.03. The minimum Gasteiger partial charge on any atom is -0.493 e. The monoisotopic (exact) mass is 340 g/mol. The highest BCUT2D eigenvalue weighted by atomic mass is 16.5. The number of aliphatic hydroxyl groups is 1. The smallest absolute Gasteiger partial charge is 0.311 e. The van der Waals surface area contributed by atoms with Crippen molar-refractivity contribution >= 4 is 5.97 Å². The van der Waals surface area contributed by atoms with Crippen LogP contribution in [0.25, 0.3) is 0 Å². The molecule has 1 aliphatic rings. The molecule has 0 bridgehead atoms. The molecule has 25 heavy (non-hydrogen) atoms. The van der Waals surface area contributed by atoms with Crippen molar-refractivity contribution in [1.29, 1.82) is 0 Å². The highest BCUT2D eigenvalue weighted by Crippen LogP contribution is 2.47. The third-order valence-electron chi connectivity index (χ3n) is 4.86. The Morgan fingerprint density at radius 1 is 1.20 bits per heavy atom. The van der Waals surface area contributed by atoms with Gasteiger partial charge in [0.15, 0.2) is 0 Å². The number of rotatable bonds is 7. The fourth-order valence-electron chi connectivity index (χ4n) is 3.14. The summed E-state index contributed by atoms with van der Waals surface area (Å²) in [6.07, 6.45) is 0.236. The maximum Gasteiger partial charge on any atom is 0.311 e. The molecule has 0 aromatic heterocycles. The lowest BCUT2D eigenvalue weighted by Crippen LogP contribution is -2.20. The van der Waals surface area contributed by atoms with Gasteiger partial charge in [0.2, 0.25) is 0 Å². The number of esters is 1. The van der Waals surface area contributed by atoms with Crippen LogP contribution in [0.4, 0.5) is 0 Å². The van der Waals surface area contributed by atoms with Crippen molar-refractivity contribution in [2.75, 3.05) is 13.7 Å². The maximum absolute atomic E-state index is 11.6. The summed E-state index contributed by atoms with van der Waals surface area (Å²) in [5.74, 6) is 0.778. The quantitative estimate of drug-likeness (QED) is 0.781. The van der Waals surface area contributed by atoms with E-state index in [9.17, 15) is 9.90 Å². The largest absolute Gasteiger partial charge is 0.493 e. The zero-order valence-corrected chi connectivity index (χ0v) is 14.6. The van der Waals surface area contributed by atoms with E-state index < -0.39 is 18.0 Å². The lowest BCUT2D eigenvalue weighted by molar-refractivity contribution is -0.148. The van der Waals surface area contributed by atoms with Crippen LogP contribution in [0, 0.1) is 11.8 Å². The van der Waals surface area contributed by atoms with Gasteiger partial charge in [0.05, 0.1) is 25.7 Å². The van der Waals surface area contributed by atoms with Crippen LogP contribution in [0.3, 0.4) is 0 Å². The van der Waals surface area contributed by atoms with Gasteiger partial charge in [-0.2, -0.15) is 0 Å². The lowest BCUT2D eigenvalue weighted by Gasteiger charge is -2.17. The van der Waals surface area contributed by atoms with Crippen molar-refractivity contribution in [2.45, 2.75) is 25.4 Å². The predicted molar refractivity (Wildman–Crippen MR) is 95.4 cm³/mol. The van der Waals surface area contributed by atoms with Crippen molar-refractivity contribution in [1.82, 2.24) is 0 Å². The van der Waals surface area contributed by atoms with Crippen LogP contribution in [0.2, 0.25) is 0 Å². The zero-order valence-electron chi connectivity index (χ0n) is 14.6. The van der Waals surface area contributed by atoms with E-state index in [2.05, 4.69) is 24.3 Å². The fraction of sp³-hybridized carbons (Fsp3) is 0.381. The Balaban J connectivity index is 1.57. The molecule has 1 aliphatic carbocycles. The average molecular weight is 340 g/mol. The van der Waals surface area contributed by atoms with Crippen LogP contribution in [0.15, 0.2) is 54.6 Å². The van der Waals surface area contributed by atoms with Crippen LogP contribution < -0.4 is 4.74 Å². The van der Waals surface area contributed by atoms with Crippen LogP contribution >= 0.6 is 0 Å². The number of carbonyl (C=O) groups excluding carboxylic acids is 1. The first kappa shape index (κ1) is 17.5. The van der Waals surface area contributed by atoms with Crippen LogP contribution in [0.1, 0.15) is 36.5 Å².